The van der Waals surface area contributed by atoms with Crippen LogP contribution in [-0.4, -0.2) is 55.5 Å². The fourth-order valence-corrected chi connectivity index (χ4v) is 2.33. The molecule has 1 aromatic rings. The number of amides is 1. The standard InChI is InChI=1S/C16H24N2O2/c1-14-5-7-15(8-6-14)20-12-11-17(2)13-16(19)18-9-3-4-10-18/h5-8H,3-4,9-13H2,1-2H3. The van der Waals surface area contributed by atoms with Crippen molar-refractivity contribution in [2.24, 2.45) is 0 Å². The van der Waals surface area contributed by atoms with Crippen molar-refractivity contribution in [2.75, 3.05) is 39.8 Å². The Morgan fingerprint density at radius 3 is 2.55 bits per heavy atom. The predicted octanol–water partition coefficient (Wildman–Crippen LogP) is 1.93. The molecule has 4 heteroatoms. The summed E-state index contributed by atoms with van der Waals surface area (Å²) < 4.78 is 5.67. The molecule has 1 heterocycles. The molecule has 1 aromatic carbocycles. The van der Waals surface area contributed by atoms with Gasteiger partial charge in [-0.1, -0.05) is 17.7 Å². The molecule has 1 aliphatic heterocycles. The highest BCUT2D eigenvalue weighted by Crippen LogP contribution is 2.11. The molecule has 110 valence electrons. The van der Waals surface area contributed by atoms with Crippen LogP contribution in [0.2, 0.25) is 0 Å². The first-order valence-electron chi connectivity index (χ1n) is 7.31. The first-order valence-corrected chi connectivity index (χ1v) is 7.31. The van der Waals surface area contributed by atoms with E-state index >= 15 is 0 Å². The molecule has 0 bridgehead atoms. The van der Waals surface area contributed by atoms with Gasteiger partial charge in [0.05, 0.1) is 6.54 Å². The summed E-state index contributed by atoms with van der Waals surface area (Å²) in [6.07, 6.45) is 2.29. The summed E-state index contributed by atoms with van der Waals surface area (Å²) >= 11 is 0. The van der Waals surface area contributed by atoms with Crippen LogP contribution in [0.1, 0.15) is 18.4 Å². The smallest absolute Gasteiger partial charge is 0.236 e. The van der Waals surface area contributed by atoms with Gasteiger partial charge in [0.1, 0.15) is 12.4 Å². The van der Waals surface area contributed by atoms with Crippen LogP contribution in [0.15, 0.2) is 24.3 Å². The van der Waals surface area contributed by atoms with Crippen molar-refractivity contribution in [3.63, 3.8) is 0 Å². The van der Waals surface area contributed by atoms with E-state index in [1.807, 2.05) is 41.1 Å². The van der Waals surface area contributed by atoms with Crippen LogP contribution in [0.5, 0.6) is 5.75 Å². The van der Waals surface area contributed by atoms with Crippen LogP contribution in [0, 0.1) is 6.92 Å². The molecule has 0 spiro atoms. The van der Waals surface area contributed by atoms with Gasteiger partial charge in [-0.3, -0.25) is 9.69 Å². The van der Waals surface area contributed by atoms with E-state index in [4.69, 9.17) is 4.74 Å². The van der Waals surface area contributed by atoms with Crippen LogP contribution >= 0.6 is 0 Å². The Balaban J connectivity index is 1.65. The molecule has 0 atom stereocenters. The van der Waals surface area contributed by atoms with Crippen molar-refractivity contribution in [3.05, 3.63) is 29.8 Å². The number of carbonyl (C=O) groups is 1. The molecule has 20 heavy (non-hydrogen) atoms. The lowest BCUT2D eigenvalue weighted by Gasteiger charge is -2.21. The molecule has 0 N–H and O–H groups in total. The van der Waals surface area contributed by atoms with Gasteiger partial charge in [-0.2, -0.15) is 0 Å². The highest BCUT2D eigenvalue weighted by atomic mass is 16.5. The second-order valence-electron chi connectivity index (χ2n) is 5.49. The van der Waals surface area contributed by atoms with Crippen molar-refractivity contribution >= 4 is 5.91 Å². The van der Waals surface area contributed by atoms with Gasteiger partial charge < -0.3 is 9.64 Å². The predicted molar refractivity (Wildman–Crippen MR) is 80.0 cm³/mol. The van der Waals surface area contributed by atoms with Crippen molar-refractivity contribution in [3.8, 4) is 5.75 Å². The van der Waals surface area contributed by atoms with Gasteiger partial charge in [0, 0.05) is 19.6 Å². The van der Waals surface area contributed by atoms with Gasteiger partial charge in [0.25, 0.3) is 0 Å². The van der Waals surface area contributed by atoms with E-state index in [2.05, 4.69) is 6.92 Å². The van der Waals surface area contributed by atoms with E-state index in [-0.39, 0.29) is 5.91 Å². The van der Waals surface area contributed by atoms with Crippen LogP contribution in [0.3, 0.4) is 0 Å². The summed E-state index contributed by atoms with van der Waals surface area (Å²) in [5.41, 5.74) is 1.23. The Morgan fingerprint density at radius 1 is 1.25 bits per heavy atom. The summed E-state index contributed by atoms with van der Waals surface area (Å²) in [6, 6.07) is 8.03. The Morgan fingerprint density at radius 2 is 1.90 bits per heavy atom. The van der Waals surface area contributed by atoms with Gasteiger partial charge >= 0.3 is 0 Å². The number of likely N-dealkylation sites (N-methyl/N-ethyl adjacent to an activating group) is 1. The third kappa shape index (κ3) is 4.53. The van der Waals surface area contributed by atoms with Crippen molar-refractivity contribution < 1.29 is 9.53 Å². The maximum atomic E-state index is 12.0. The molecule has 4 nitrogen and oxygen atoms in total. The fraction of sp³-hybridized carbons (Fsp3) is 0.562. The van der Waals surface area contributed by atoms with Gasteiger partial charge in [0.2, 0.25) is 5.91 Å². The zero-order chi connectivity index (χ0) is 14.4. The number of nitrogens with zero attached hydrogens (tertiary/aromatic N) is 2. The maximum Gasteiger partial charge on any atom is 0.236 e. The highest BCUT2D eigenvalue weighted by Gasteiger charge is 2.18. The van der Waals surface area contributed by atoms with Crippen LogP contribution < -0.4 is 4.74 Å². The quantitative estimate of drug-likeness (QED) is 0.796. The third-order valence-corrected chi connectivity index (χ3v) is 3.63. The molecule has 0 aliphatic carbocycles. The second kappa shape index (κ2) is 7.29. The number of aryl methyl sites for hydroxylation is 1. The molecular formula is C16H24N2O2. The minimum absolute atomic E-state index is 0.236. The van der Waals surface area contributed by atoms with Gasteiger partial charge in [-0.25, -0.2) is 0 Å². The molecule has 0 radical (unpaired) electrons. The summed E-state index contributed by atoms with van der Waals surface area (Å²) in [5.74, 6) is 1.12. The molecule has 1 aliphatic rings. The first kappa shape index (κ1) is 14.9. The zero-order valence-corrected chi connectivity index (χ0v) is 12.5. The lowest BCUT2D eigenvalue weighted by molar-refractivity contribution is -0.131. The fourth-order valence-electron chi connectivity index (χ4n) is 2.33. The monoisotopic (exact) mass is 276 g/mol. The van der Waals surface area contributed by atoms with E-state index in [1.165, 1.54) is 5.56 Å². The third-order valence-electron chi connectivity index (χ3n) is 3.63. The number of ether oxygens (including phenoxy) is 1. The SMILES string of the molecule is Cc1ccc(OCCN(C)CC(=O)N2CCCC2)cc1. The Labute approximate surface area is 121 Å². The average Bonchev–Trinajstić information content (AvgIpc) is 2.95. The number of hydrogen-bond acceptors (Lipinski definition) is 3. The van der Waals surface area contributed by atoms with Crippen LogP contribution in [0.25, 0.3) is 0 Å². The summed E-state index contributed by atoms with van der Waals surface area (Å²) in [5, 5.41) is 0. The molecule has 1 amide bonds. The second-order valence-corrected chi connectivity index (χ2v) is 5.49. The Hall–Kier alpha value is -1.55. The summed E-state index contributed by atoms with van der Waals surface area (Å²) in [4.78, 5) is 15.9. The Bertz CT molecular complexity index is 425. The normalized spacial score (nSPS) is 14.8. The molecular weight excluding hydrogens is 252 g/mol. The minimum Gasteiger partial charge on any atom is -0.492 e. The number of benzene rings is 1. The van der Waals surface area contributed by atoms with Crippen molar-refractivity contribution in [2.45, 2.75) is 19.8 Å². The van der Waals surface area contributed by atoms with Gasteiger partial charge in [-0.15, -0.1) is 0 Å². The molecule has 1 saturated heterocycles. The maximum absolute atomic E-state index is 12.0. The highest BCUT2D eigenvalue weighted by molar-refractivity contribution is 5.78. The number of likely N-dealkylation sites (tertiary alicyclic amines) is 1. The first-order chi connectivity index (χ1) is 9.65. The number of rotatable bonds is 6. The average molecular weight is 276 g/mol. The molecule has 1 fully saturated rings. The van der Waals surface area contributed by atoms with E-state index in [0.717, 1.165) is 38.2 Å². The van der Waals surface area contributed by atoms with E-state index in [9.17, 15) is 4.79 Å². The van der Waals surface area contributed by atoms with Crippen LogP contribution in [-0.2, 0) is 4.79 Å². The summed E-state index contributed by atoms with van der Waals surface area (Å²) in [6.45, 7) is 5.75. The molecule has 2 rings (SSSR count). The molecule has 0 aromatic heterocycles. The topological polar surface area (TPSA) is 32.8 Å². The molecule has 0 unspecified atom stereocenters. The minimum atomic E-state index is 0.236. The van der Waals surface area contributed by atoms with Crippen LogP contribution in [0.4, 0.5) is 0 Å². The summed E-state index contributed by atoms with van der Waals surface area (Å²) in [7, 11) is 1.96. The van der Waals surface area contributed by atoms with Gasteiger partial charge in [0.15, 0.2) is 0 Å². The zero-order valence-electron chi connectivity index (χ0n) is 12.5. The van der Waals surface area contributed by atoms with E-state index < -0.39 is 0 Å². The Kier molecular flexibility index (Phi) is 5.41. The number of hydrogen-bond donors (Lipinski definition) is 0. The van der Waals surface area contributed by atoms with Gasteiger partial charge in [-0.05, 0) is 38.9 Å². The van der Waals surface area contributed by atoms with E-state index in [1.54, 1.807) is 0 Å². The van der Waals surface area contributed by atoms with Crippen molar-refractivity contribution in [1.82, 2.24) is 9.80 Å². The lowest BCUT2D eigenvalue weighted by Crippen LogP contribution is -2.38. The van der Waals surface area contributed by atoms with E-state index in [0.29, 0.717) is 13.2 Å². The van der Waals surface area contributed by atoms with Crippen molar-refractivity contribution in [1.29, 1.82) is 0 Å². The lowest BCUT2D eigenvalue weighted by atomic mass is 10.2. The number of carbonyl (C=O) groups excluding carboxylic acids is 1. The largest absolute Gasteiger partial charge is 0.492 e. The molecule has 0 saturated carbocycles.